The molecule has 0 saturated heterocycles. The van der Waals surface area contributed by atoms with Crippen LogP contribution in [-0.4, -0.2) is 4.32 Å². The number of unbranched alkanes of at least 4 members (excludes halogenated alkanes) is 7. The molecule has 0 unspecified atom stereocenters. The molecule has 0 atom stereocenters. The van der Waals surface area contributed by atoms with Gasteiger partial charge >= 0.3 is 117 Å². The Morgan fingerprint density at radius 2 is 1.57 bits per heavy atom. The Labute approximate surface area is 149 Å². The van der Waals surface area contributed by atoms with Crippen LogP contribution in [0.3, 0.4) is 0 Å². The van der Waals surface area contributed by atoms with Gasteiger partial charge in [0.1, 0.15) is 0 Å². The molecule has 0 saturated carbocycles. The SMILES string of the molecule is CCCCCCCCCCc1ccc(NC(=S)[S][Mo])cc1. The van der Waals surface area contributed by atoms with E-state index in [9.17, 15) is 0 Å². The first kappa shape index (κ1) is 19.2. The summed E-state index contributed by atoms with van der Waals surface area (Å²) in [4.78, 5) is 0. The molecule has 0 amide bonds. The van der Waals surface area contributed by atoms with Gasteiger partial charge in [-0.1, -0.05) is 32.6 Å². The molecule has 21 heavy (non-hydrogen) atoms. The average Bonchev–Trinajstić information content (AvgIpc) is 2.51. The molecule has 1 nitrogen and oxygen atoms in total. The topological polar surface area (TPSA) is 12.0 Å². The molecule has 117 valence electrons. The molecule has 1 N–H and O–H groups in total. The average molecular weight is 404 g/mol. The predicted molar refractivity (Wildman–Crippen MR) is 96.6 cm³/mol. The van der Waals surface area contributed by atoms with Gasteiger partial charge in [0, 0.05) is 0 Å². The van der Waals surface area contributed by atoms with Crippen LogP contribution in [0, 0.1) is 0 Å². The molecule has 0 aliphatic heterocycles. The zero-order valence-corrected chi connectivity index (χ0v) is 16.5. The summed E-state index contributed by atoms with van der Waals surface area (Å²) in [6.07, 6.45) is 12.3. The summed E-state index contributed by atoms with van der Waals surface area (Å²) in [6, 6.07) is 8.69. The molecule has 0 radical (unpaired) electrons. The van der Waals surface area contributed by atoms with Crippen molar-refractivity contribution in [3.8, 4) is 0 Å². The van der Waals surface area contributed by atoms with Crippen molar-refractivity contribution in [1.82, 2.24) is 0 Å². The van der Waals surface area contributed by atoms with Gasteiger partial charge in [-0.2, -0.15) is 0 Å². The molecular formula is C17H26MoNS2. The zero-order chi connectivity index (χ0) is 15.3. The Balaban J connectivity index is 2.11. The Morgan fingerprint density at radius 3 is 2.14 bits per heavy atom. The monoisotopic (exact) mass is 406 g/mol. The Kier molecular flexibility index (Phi) is 11.6. The summed E-state index contributed by atoms with van der Waals surface area (Å²) in [7, 11) is 1.58. The molecule has 0 heterocycles. The molecule has 1 rings (SSSR count). The Morgan fingerprint density at radius 1 is 1.00 bits per heavy atom. The van der Waals surface area contributed by atoms with Gasteiger partial charge in [-0.05, 0) is 0 Å². The third kappa shape index (κ3) is 9.71. The number of thiocarbonyl (C=S) groups is 1. The number of rotatable bonds is 10. The fourth-order valence-corrected chi connectivity index (χ4v) is 2.94. The van der Waals surface area contributed by atoms with Gasteiger partial charge in [0.25, 0.3) is 0 Å². The Hall–Kier alpha value is 0.148. The van der Waals surface area contributed by atoms with Gasteiger partial charge in [0.15, 0.2) is 0 Å². The van der Waals surface area contributed by atoms with Crippen LogP contribution in [0.5, 0.6) is 0 Å². The van der Waals surface area contributed by atoms with E-state index in [0.29, 0.717) is 0 Å². The minimum absolute atomic E-state index is 0.829. The third-order valence-corrected chi connectivity index (χ3v) is 6.27. The van der Waals surface area contributed by atoms with Crippen LogP contribution < -0.4 is 5.32 Å². The van der Waals surface area contributed by atoms with Crippen LogP contribution >= 0.6 is 21.7 Å². The third-order valence-electron chi connectivity index (χ3n) is 3.60. The molecule has 0 bridgehead atoms. The van der Waals surface area contributed by atoms with E-state index >= 15 is 0 Å². The molecule has 0 fully saturated rings. The summed E-state index contributed by atoms with van der Waals surface area (Å²) in [5.74, 6) is 0. The van der Waals surface area contributed by atoms with Crippen molar-refractivity contribution >= 4 is 31.7 Å². The van der Waals surface area contributed by atoms with Crippen molar-refractivity contribution in [3.05, 3.63) is 29.8 Å². The van der Waals surface area contributed by atoms with Crippen molar-refractivity contribution < 1.29 is 18.5 Å². The predicted octanol–water partition coefficient (Wildman–Crippen LogP) is 6.26. The molecule has 0 aliphatic rings. The van der Waals surface area contributed by atoms with Crippen LogP contribution in [-0.2, 0) is 25.0 Å². The van der Waals surface area contributed by atoms with Gasteiger partial charge < -0.3 is 0 Å². The van der Waals surface area contributed by atoms with Crippen molar-refractivity contribution in [1.29, 1.82) is 0 Å². The van der Waals surface area contributed by atoms with E-state index in [4.69, 9.17) is 12.2 Å². The van der Waals surface area contributed by atoms with Crippen LogP contribution in [0.2, 0.25) is 0 Å². The van der Waals surface area contributed by atoms with Gasteiger partial charge in [-0.15, -0.1) is 0 Å². The summed E-state index contributed by atoms with van der Waals surface area (Å²) in [5, 5.41) is 3.22. The van der Waals surface area contributed by atoms with E-state index < -0.39 is 0 Å². The van der Waals surface area contributed by atoms with Crippen LogP contribution in [0.4, 0.5) is 5.69 Å². The molecule has 4 heteroatoms. The van der Waals surface area contributed by atoms with Crippen LogP contribution in [0.15, 0.2) is 24.3 Å². The standard InChI is InChI=1S/C17H27NS2.Mo/c1-2-3-4-5-6-7-8-9-10-15-11-13-16(14-12-15)18-17(19)20;/h11-14H,2-10H2,1H3,(H2,18,19,20);/q;+1/p-1. The maximum atomic E-state index is 5.16. The van der Waals surface area contributed by atoms with E-state index in [0.717, 1.165) is 10.0 Å². The van der Waals surface area contributed by atoms with Crippen molar-refractivity contribution in [3.63, 3.8) is 0 Å². The fourth-order valence-electron chi connectivity index (χ4n) is 2.36. The summed E-state index contributed by atoms with van der Waals surface area (Å²) in [5.41, 5.74) is 2.53. The van der Waals surface area contributed by atoms with Gasteiger partial charge in [0.2, 0.25) is 0 Å². The van der Waals surface area contributed by atoms with Crippen LogP contribution in [0.25, 0.3) is 0 Å². The minimum atomic E-state index is 0.829. The summed E-state index contributed by atoms with van der Waals surface area (Å²) in [6.45, 7) is 2.27. The van der Waals surface area contributed by atoms with Gasteiger partial charge in [-0.3, -0.25) is 0 Å². The number of hydrogen-bond acceptors (Lipinski definition) is 2. The van der Waals surface area contributed by atoms with Crippen LogP contribution in [0.1, 0.15) is 63.9 Å². The molecular weight excluding hydrogens is 378 g/mol. The first-order valence-corrected chi connectivity index (χ1v) is 11.6. The van der Waals surface area contributed by atoms with Gasteiger partial charge in [0.05, 0.1) is 0 Å². The number of nitrogens with one attached hydrogen (secondary N) is 1. The summed E-state index contributed by atoms with van der Waals surface area (Å²) >= 11 is 7.09. The normalized spacial score (nSPS) is 10.5. The number of anilines is 1. The van der Waals surface area contributed by atoms with Crippen molar-refractivity contribution in [2.24, 2.45) is 0 Å². The van der Waals surface area contributed by atoms with Crippen molar-refractivity contribution in [2.45, 2.75) is 64.7 Å². The van der Waals surface area contributed by atoms with E-state index in [1.807, 2.05) is 18.5 Å². The second-order valence-electron chi connectivity index (χ2n) is 5.42. The van der Waals surface area contributed by atoms with Crippen molar-refractivity contribution in [2.75, 3.05) is 5.32 Å². The first-order valence-electron chi connectivity index (χ1n) is 7.96. The number of benzene rings is 1. The molecule has 1 aromatic rings. The van der Waals surface area contributed by atoms with Gasteiger partial charge in [-0.25, -0.2) is 0 Å². The molecule has 0 aromatic heterocycles. The van der Waals surface area contributed by atoms with E-state index in [2.05, 4.69) is 36.5 Å². The quantitative estimate of drug-likeness (QED) is 0.281. The summed E-state index contributed by atoms with van der Waals surface area (Å²) < 4.78 is 0.829. The van der Waals surface area contributed by atoms with E-state index in [1.54, 1.807) is 9.47 Å². The number of aryl methyl sites for hydroxylation is 1. The van der Waals surface area contributed by atoms with E-state index in [-0.39, 0.29) is 0 Å². The Bertz CT molecular complexity index is 392. The molecule has 0 spiro atoms. The fraction of sp³-hybridized carbons (Fsp3) is 0.588. The second-order valence-corrected chi connectivity index (χ2v) is 7.89. The molecule has 1 aromatic carbocycles. The zero-order valence-electron chi connectivity index (χ0n) is 12.9. The second kappa shape index (κ2) is 12.7. The first-order chi connectivity index (χ1) is 10.3. The molecule has 0 aliphatic carbocycles. The van der Waals surface area contributed by atoms with E-state index in [1.165, 1.54) is 63.4 Å². The maximum absolute atomic E-state index is 5.16. The number of hydrogen-bond donors (Lipinski definition) is 1.